The maximum absolute atomic E-state index is 15.2. The number of hydrogen-bond donors (Lipinski definition) is 0. The van der Waals surface area contributed by atoms with Gasteiger partial charge in [-0.1, -0.05) is 18.2 Å². The van der Waals surface area contributed by atoms with Crippen LogP contribution in [0.1, 0.15) is 80.4 Å². The largest absolute Gasteiger partial charge is 0.481 e. The van der Waals surface area contributed by atoms with Crippen LogP contribution in [0, 0.1) is 18.7 Å². The van der Waals surface area contributed by atoms with Crippen LogP contribution in [0.5, 0.6) is 11.6 Å². The number of halogens is 1. The van der Waals surface area contributed by atoms with Crippen LogP contribution in [0.25, 0.3) is 11.1 Å². The van der Waals surface area contributed by atoms with E-state index in [1.807, 2.05) is 44.2 Å². The Balaban J connectivity index is 1.69. The van der Waals surface area contributed by atoms with Crippen LogP contribution in [-0.4, -0.2) is 54.5 Å². The lowest BCUT2D eigenvalue weighted by atomic mass is 9.93. The fraction of sp³-hybridized carbons (Fsp3) is 0.486. The molecule has 44 heavy (non-hydrogen) atoms. The smallest absolute Gasteiger partial charge is 0.343 e. The van der Waals surface area contributed by atoms with E-state index >= 15 is 4.39 Å². The van der Waals surface area contributed by atoms with Crippen LogP contribution in [0.15, 0.2) is 48.7 Å². The van der Waals surface area contributed by atoms with Gasteiger partial charge in [0.25, 0.3) is 0 Å². The van der Waals surface area contributed by atoms with Crippen molar-refractivity contribution in [2.75, 3.05) is 26.5 Å². The highest BCUT2D eigenvalue weighted by Gasteiger charge is 2.36. The molecular weight excluding hydrogens is 578 g/mol. The zero-order chi connectivity index (χ0) is 32.2. The molecular formula is C35H46FN2O5P. The number of benzene rings is 2. The van der Waals surface area contributed by atoms with Crippen molar-refractivity contribution >= 4 is 13.3 Å². The molecule has 1 fully saturated rings. The summed E-state index contributed by atoms with van der Waals surface area (Å²) in [5.41, 5.74) is 3.92. The molecule has 1 saturated carbocycles. The average molecular weight is 625 g/mol. The summed E-state index contributed by atoms with van der Waals surface area (Å²) in [6.45, 7) is 14.8. The highest BCUT2D eigenvalue weighted by Crippen LogP contribution is 2.53. The third kappa shape index (κ3) is 8.35. The molecule has 1 aromatic heterocycles. The molecule has 0 unspecified atom stereocenters. The normalized spacial score (nSPS) is 15.5. The summed E-state index contributed by atoms with van der Waals surface area (Å²) in [4.78, 5) is 20.0. The molecule has 1 aliphatic carbocycles. The zero-order valence-corrected chi connectivity index (χ0v) is 28.1. The summed E-state index contributed by atoms with van der Waals surface area (Å²) in [5, 5.41) is 0. The van der Waals surface area contributed by atoms with Crippen molar-refractivity contribution < 1.29 is 27.7 Å². The van der Waals surface area contributed by atoms with Crippen molar-refractivity contribution in [1.82, 2.24) is 9.88 Å². The Kier molecular flexibility index (Phi) is 11.0. The van der Waals surface area contributed by atoms with E-state index in [0.717, 1.165) is 30.2 Å². The Morgan fingerprint density at radius 2 is 1.80 bits per heavy atom. The third-order valence-corrected chi connectivity index (χ3v) is 10.2. The van der Waals surface area contributed by atoms with Crippen molar-refractivity contribution in [3.8, 4) is 22.8 Å². The zero-order valence-electron chi connectivity index (χ0n) is 27.2. The summed E-state index contributed by atoms with van der Waals surface area (Å²) in [6, 6.07) is 13.2. The molecule has 238 valence electrons. The van der Waals surface area contributed by atoms with Crippen molar-refractivity contribution in [3.05, 3.63) is 76.7 Å². The summed E-state index contributed by atoms with van der Waals surface area (Å²) in [7, 11) is -1.25. The third-order valence-electron chi connectivity index (χ3n) is 8.30. The monoisotopic (exact) mass is 624 g/mol. The quantitative estimate of drug-likeness (QED) is 0.101. The first kappa shape index (κ1) is 33.8. The van der Waals surface area contributed by atoms with Crippen LogP contribution < -0.4 is 9.47 Å². The lowest BCUT2D eigenvalue weighted by Crippen LogP contribution is -2.36. The Morgan fingerprint density at radius 3 is 2.41 bits per heavy atom. The maximum atomic E-state index is 15.2. The van der Waals surface area contributed by atoms with E-state index < -0.39 is 19.2 Å². The highest BCUT2D eigenvalue weighted by molar-refractivity contribution is 7.58. The van der Waals surface area contributed by atoms with E-state index in [0.29, 0.717) is 59.1 Å². The fourth-order valence-electron chi connectivity index (χ4n) is 5.93. The number of esters is 1. The van der Waals surface area contributed by atoms with Crippen LogP contribution in [0.4, 0.5) is 4.39 Å². The van der Waals surface area contributed by atoms with Crippen LogP contribution >= 0.6 is 7.37 Å². The van der Waals surface area contributed by atoms with E-state index in [-0.39, 0.29) is 18.0 Å². The minimum atomic E-state index is -2.75. The van der Waals surface area contributed by atoms with Crippen LogP contribution in [-0.2, 0) is 15.6 Å². The molecule has 2 atom stereocenters. The van der Waals surface area contributed by atoms with E-state index in [2.05, 4.69) is 37.6 Å². The van der Waals surface area contributed by atoms with Gasteiger partial charge >= 0.3 is 5.97 Å². The van der Waals surface area contributed by atoms with Crippen molar-refractivity contribution in [3.63, 3.8) is 0 Å². The lowest BCUT2D eigenvalue weighted by molar-refractivity contribution is 0.0733. The topological polar surface area (TPSA) is 78.0 Å². The van der Waals surface area contributed by atoms with Crippen molar-refractivity contribution in [2.24, 2.45) is 5.92 Å². The first-order chi connectivity index (χ1) is 20.8. The Bertz CT molecular complexity index is 1510. The summed E-state index contributed by atoms with van der Waals surface area (Å²) in [6.07, 6.45) is 3.79. The van der Waals surface area contributed by atoms with E-state index in [1.54, 1.807) is 18.8 Å². The van der Waals surface area contributed by atoms with Gasteiger partial charge in [-0.15, -0.1) is 0 Å². The van der Waals surface area contributed by atoms with Gasteiger partial charge in [-0.2, -0.15) is 0 Å². The van der Waals surface area contributed by atoms with Crippen LogP contribution in [0.2, 0.25) is 0 Å². The number of rotatable bonds is 14. The fourth-order valence-corrected chi connectivity index (χ4v) is 7.80. The van der Waals surface area contributed by atoms with Gasteiger partial charge in [0.2, 0.25) is 13.2 Å². The molecule has 0 amide bonds. The summed E-state index contributed by atoms with van der Waals surface area (Å²) in [5.74, 6) is 0.312. The molecule has 7 nitrogen and oxygen atoms in total. The second-order valence-corrected chi connectivity index (χ2v) is 15.1. The van der Waals surface area contributed by atoms with Gasteiger partial charge < -0.3 is 14.0 Å². The van der Waals surface area contributed by atoms with Crippen molar-refractivity contribution in [2.45, 2.75) is 78.9 Å². The van der Waals surface area contributed by atoms with Gasteiger partial charge in [0, 0.05) is 43.1 Å². The summed E-state index contributed by atoms with van der Waals surface area (Å²) >= 11 is 0. The highest BCUT2D eigenvalue weighted by atomic mass is 31.2. The molecule has 3 aromatic rings. The number of methoxy groups -OCH3 is 1. The second kappa shape index (κ2) is 14.4. The minimum Gasteiger partial charge on any atom is -0.481 e. The molecule has 2 aromatic carbocycles. The minimum absolute atomic E-state index is 0.0777. The Morgan fingerprint density at radius 1 is 1.09 bits per heavy atom. The van der Waals surface area contributed by atoms with E-state index in [9.17, 15) is 9.36 Å². The van der Waals surface area contributed by atoms with Gasteiger partial charge in [-0.3, -0.25) is 9.46 Å². The SMILES string of the molecule is CCO[P@@](C)(=O)C[C@H](c1cccc(OC(=O)c2cc(CN(C(C)C)C(C)C)c(-c3cc(OC)ncc3F)cc2C)c1)C1CC1. The van der Waals surface area contributed by atoms with Crippen molar-refractivity contribution in [1.29, 1.82) is 0 Å². The number of ether oxygens (including phenoxy) is 2. The molecule has 1 heterocycles. The molecule has 9 heteroatoms. The standard InChI is InChI=1S/C35H46FN2O5P/c1-9-42-44(8,40)21-32(25-13-14-25)26-11-10-12-28(16-26)43-35(39)29-17-27(20-38(22(2)3)23(4)5)30(15-24(29)6)31-18-34(41-7)37-19-33(31)36/h10-12,15-19,22-23,25,32H,9,13-14,20-21H2,1-8H3/t32-,44+/m0/s1. The predicted molar refractivity (Wildman–Crippen MR) is 174 cm³/mol. The van der Waals surface area contributed by atoms with E-state index in [4.69, 9.17) is 14.0 Å². The van der Waals surface area contributed by atoms with Crippen LogP contribution in [0.3, 0.4) is 0 Å². The number of hydrogen-bond acceptors (Lipinski definition) is 7. The summed E-state index contributed by atoms with van der Waals surface area (Å²) < 4.78 is 45.0. The molecule has 0 radical (unpaired) electrons. The lowest BCUT2D eigenvalue weighted by Gasteiger charge is -2.31. The van der Waals surface area contributed by atoms with Gasteiger partial charge in [0.05, 0.1) is 25.5 Å². The number of aryl methyl sites for hydroxylation is 1. The van der Waals surface area contributed by atoms with E-state index in [1.165, 1.54) is 7.11 Å². The number of carbonyl (C=O) groups is 1. The Hall–Kier alpha value is -3.06. The Labute approximate surface area is 261 Å². The molecule has 0 aliphatic heterocycles. The average Bonchev–Trinajstić information content (AvgIpc) is 3.80. The number of pyridine rings is 1. The first-order valence-electron chi connectivity index (χ1n) is 15.5. The maximum Gasteiger partial charge on any atom is 0.343 e. The predicted octanol–water partition coefficient (Wildman–Crippen LogP) is 8.48. The van der Waals surface area contributed by atoms with Gasteiger partial charge in [-0.05, 0) is 107 Å². The molecule has 4 rings (SSSR count). The molecule has 0 N–H and O–H groups in total. The molecule has 0 spiro atoms. The second-order valence-electron chi connectivity index (χ2n) is 12.4. The molecule has 1 aliphatic rings. The number of aromatic nitrogens is 1. The van der Waals surface area contributed by atoms with Gasteiger partial charge in [0.15, 0.2) is 0 Å². The molecule has 0 saturated heterocycles. The molecule has 0 bridgehead atoms. The van der Waals surface area contributed by atoms with Gasteiger partial charge in [0.1, 0.15) is 11.6 Å². The van der Waals surface area contributed by atoms with Gasteiger partial charge in [-0.25, -0.2) is 14.2 Å². The number of carbonyl (C=O) groups excluding carboxylic acids is 1. The first-order valence-corrected chi connectivity index (χ1v) is 17.7. The number of nitrogens with zero attached hydrogens (tertiary/aromatic N) is 2.